The van der Waals surface area contributed by atoms with Crippen LogP contribution in [0.15, 0.2) is 41.3 Å². The van der Waals surface area contributed by atoms with Gasteiger partial charge in [0.1, 0.15) is 5.56 Å². The monoisotopic (exact) mass is 325 g/mol. The van der Waals surface area contributed by atoms with Gasteiger partial charge >= 0.3 is 12.1 Å². The van der Waals surface area contributed by atoms with E-state index >= 15 is 0 Å². The first kappa shape index (κ1) is 16.8. The van der Waals surface area contributed by atoms with Crippen molar-refractivity contribution in [1.29, 1.82) is 0 Å². The number of aromatic amines is 1. The number of H-pyrrole nitrogens is 1. The molecule has 1 N–H and O–H groups in total. The molecule has 0 aliphatic carbocycles. The Morgan fingerprint density at radius 1 is 1.22 bits per heavy atom. The fourth-order valence-electron chi connectivity index (χ4n) is 2.09. The number of halogens is 3. The lowest BCUT2D eigenvalue weighted by Crippen LogP contribution is -2.29. The molecule has 2 rings (SSSR count). The van der Waals surface area contributed by atoms with Crippen molar-refractivity contribution in [3.63, 3.8) is 0 Å². The molecule has 0 saturated heterocycles. The van der Waals surface area contributed by atoms with Crippen molar-refractivity contribution in [3.05, 3.63) is 69.1 Å². The van der Waals surface area contributed by atoms with Crippen LogP contribution in [0.5, 0.6) is 0 Å². The summed E-state index contributed by atoms with van der Waals surface area (Å²) in [7, 11) is 0. The smallest absolute Gasteiger partial charge is 0.429 e. The van der Waals surface area contributed by atoms with Gasteiger partial charge in [0.25, 0.3) is 0 Å². The van der Waals surface area contributed by atoms with Crippen LogP contribution in [0.3, 0.4) is 0 Å². The number of benzene rings is 1. The van der Waals surface area contributed by atoms with Crippen molar-refractivity contribution in [2.45, 2.75) is 26.1 Å². The maximum atomic E-state index is 13.3. The van der Waals surface area contributed by atoms with E-state index in [0.29, 0.717) is 11.3 Å². The van der Waals surface area contributed by atoms with Gasteiger partial charge in [-0.2, -0.15) is 13.2 Å². The van der Waals surface area contributed by atoms with Gasteiger partial charge in [0.15, 0.2) is 5.43 Å². The first-order valence-corrected chi connectivity index (χ1v) is 6.72. The summed E-state index contributed by atoms with van der Waals surface area (Å²) in [5, 5.41) is 0. The molecule has 1 aromatic carbocycles. The zero-order chi connectivity index (χ0) is 17.2. The summed E-state index contributed by atoms with van der Waals surface area (Å²) < 4.78 is 44.4. The summed E-state index contributed by atoms with van der Waals surface area (Å²) in [5.41, 5.74) is -0.523. The molecule has 0 bridgehead atoms. The van der Waals surface area contributed by atoms with Crippen LogP contribution in [-0.4, -0.2) is 17.1 Å². The molecule has 7 heteroatoms. The number of aromatic nitrogens is 1. The van der Waals surface area contributed by atoms with Crippen LogP contribution in [0, 0.1) is 13.8 Å². The summed E-state index contributed by atoms with van der Waals surface area (Å²) in [6, 6.07) is 6.85. The second kappa shape index (κ2) is 6.28. The van der Waals surface area contributed by atoms with Crippen LogP contribution in [-0.2, 0) is 4.74 Å². The number of ether oxygens (including phenoxy) is 1. The Morgan fingerprint density at radius 3 is 2.43 bits per heavy atom. The van der Waals surface area contributed by atoms with Crippen LogP contribution in [0.4, 0.5) is 13.2 Å². The molecule has 2 aromatic rings. The number of hydrogen-bond donors (Lipinski definition) is 1. The average molecular weight is 325 g/mol. The van der Waals surface area contributed by atoms with Crippen molar-refractivity contribution in [2.24, 2.45) is 0 Å². The molecule has 1 atom stereocenters. The molecule has 0 aliphatic heterocycles. The lowest BCUT2D eigenvalue weighted by atomic mass is 10.0. The van der Waals surface area contributed by atoms with Gasteiger partial charge in [0, 0.05) is 23.5 Å². The molecule has 23 heavy (non-hydrogen) atoms. The molecule has 122 valence electrons. The normalized spacial score (nSPS) is 12.7. The topological polar surface area (TPSA) is 59.2 Å². The van der Waals surface area contributed by atoms with Gasteiger partial charge in [0.2, 0.25) is 6.10 Å². The summed E-state index contributed by atoms with van der Waals surface area (Å²) in [5.74, 6) is -1.32. The Balaban J connectivity index is 2.38. The molecule has 0 saturated carbocycles. The standard InChI is InChI=1S/C16H14F3NO3/c1-9-5-3-4-6-11(9)14(16(17,18)19)23-15(22)12-8-20-10(2)7-13(12)21/h3-8,14H,1-2H3,(H,20,21)/t14-/m1/s1. The zero-order valence-electron chi connectivity index (χ0n) is 12.4. The quantitative estimate of drug-likeness (QED) is 0.879. The maximum absolute atomic E-state index is 13.3. The third-order valence-electron chi connectivity index (χ3n) is 3.27. The van der Waals surface area contributed by atoms with Gasteiger partial charge in [-0.25, -0.2) is 4.79 Å². The Morgan fingerprint density at radius 2 is 1.87 bits per heavy atom. The van der Waals surface area contributed by atoms with Crippen molar-refractivity contribution < 1.29 is 22.7 Å². The second-order valence-electron chi connectivity index (χ2n) is 5.08. The van der Waals surface area contributed by atoms with E-state index in [4.69, 9.17) is 0 Å². The molecule has 0 aliphatic rings. The highest BCUT2D eigenvalue weighted by Crippen LogP contribution is 2.37. The Hall–Kier alpha value is -2.57. The lowest BCUT2D eigenvalue weighted by molar-refractivity contribution is -0.207. The molecular weight excluding hydrogens is 311 g/mol. The minimum absolute atomic E-state index is 0.170. The van der Waals surface area contributed by atoms with Gasteiger partial charge in [0.05, 0.1) is 0 Å². The van der Waals surface area contributed by atoms with E-state index in [-0.39, 0.29) is 5.56 Å². The van der Waals surface area contributed by atoms with E-state index in [1.54, 1.807) is 13.0 Å². The Bertz CT molecular complexity index is 781. The minimum atomic E-state index is -4.79. The highest BCUT2D eigenvalue weighted by atomic mass is 19.4. The predicted molar refractivity (Wildman–Crippen MR) is 77.2 cm³/mol. The lowest BCUT2D eigenvalue weighted by Gasteiger charge is -2.22. The fourth-order valence-corrected chi connectivity index (χ4v) is 2.09. The molecule has 1 heterocycles. The molecule has 0 amide bonds. The Kier molecular flexibility index (Phi) is 4.58. The SMILES string of the molecule is Cc1cc(=O)c(C(=O)O[C@H](c2ccccc2C)C(F)(F)F)c[nH]1. The van der Waals surface area contributed by atoms with Gasteiger partial charge in [-0.05, 0) is 19.4 Å². The first-order valence-electron chi connectivity index (χ1n) is 6.72. The summed E-state index contributed by atoms with van der Waals surface area (Å²) in [4.78, 5) is 26.3. The van der Waals surface area contributed by atoms with Crippen molar-refractivity contribution in [1.82, 2.24) is 4.98 Å². The number of nitrogens with one attached hydrogen (secondary N) is 1. The van der Waals surface area contributed by atoms with Crippen molar-refractivity contribution in [2.75, 3.05) is 0 Å². The van der Waals surface area contributed by atoms with E-state index in [9.17, 15) is 22.8 Å². The summed E-state index contributed by atoms with van der Waals surface area (Å²) >= 11 is 0. The molecule has 0 spiro atoms. The van der Waals surface area contributed by atoms with E-state index in [0.717, 1.165) is 12.3 Å². The highest BCUT2D eigenvalue weighted by molar-refractivity contribution is 5.89. The molecule has 0 unspecified atom stereocenters. The second-order valence-corrected chi connectivity index (χ2v) is 5.08. The zero-order valence-corrected chi connectivity index (χ0v) is 12.4. The largest absolute Gasteiger partial charge is 0.444 e. The van der Waals surface area contributed by atoms with Crippen LogP contribution in [0.1, 0.15) is 33.3 Å². The number of alkyl halides is 3. The number of carbonyl (C=O) groups is 1. The number of aryl methyl sites for hydroxylation is 2. The third kappa shape index (κ3) is 3.80. The van der Waals surface area contributed by atoms with Crippen LogP contribution >= 0.6 is 0 Å². The number of hydrogen-bond acceptors (Lipinski definition) is 3. The number of carbonyl (C=O) groups excluding carboxylic acids is 1. The van der Waals surface area contributed by atoms with E-state index in [1.807, 2.05) is 0 Å². The highest BCUT2D eigenvalue weighted by Gasteiger charge is 2.45. The molecule has 1 aromatic heterocycles. The van der Waals surface area contributed by atoms with Gasteiger partial charge in [-0.3, -0.25) is 4.79 Å². The molecule has 4 nitrogen and oxygen atoms in total. The van der Waals surface area contributed by atoms with Crippen LogP contribution in [0.25, 0.3) is 0 Å². The minimum Gasteiger partial charge on any atom is -0.444 e. The third-order valence-corrected chi connectivity index (χ3v) is 3.27. The number of pyridine rings is 1. The maximum Gasteiger partial charge on any atom is 0.429 e. The average Bonchev–Trinajstić information content (AvgIpc) is 2.44. The number of esters is 1. The van der Waals surface area contributed by atoms with Gasteiger partial charge in [-0.1, -0.05) is 24.3 Å². The number of rotatable bonds is 3. The first-order chi connectivity index (χ1) is 10.7. The van der Waals surface area contributed by atoms with E-state index in [2.05, 4.69) is 9.72 Å². The predicted octanol–water partition coefficient (Wildman–Crippen LogP) is 3.45. The summed E-state index contributed by atoms with van der Waals surface area (Å²) in [6.07, 6.45) is -6.18. The van der Waals surface area contributed by atoms with Gasteiger partial charge < -0.3 is 9.72 Å². The molecular formula is C16H14F3NO3. The molecule has 0 radical (unpaired) electrons. The van der Waals surface area contributed by atoms with E-state index in [1.165, 1.54) is 25.1 Å². The fraction of sp³-hybridized carbons (Fsp3) is 0.250. The Labute approximate surface area is 129 Å². The van der Waals surface area contributed by atoms with Crippen LogP contribution < -0.4 is 5.43 Å². The van der Waals surface area contributed by atoms with E-state index < -0.39 is 29.2 Å². The summed E-state index contributed by atoms with van der Waals surface area (Å²) in [6.45, 7) is 3.07. The molecule has 0 fully saturated rings. The van der Waals surface area contributed by atoms with Crippen molar-refractivity contribution in [3.8, 4) is 0 Å². The van der Waals surface area contributed by atoms with Crippen LogP contribution in [0.2, 0.25) is 0 Å². The van der Waals surface area contributed by atoms with Gasteiger partial charge in [-0.15, -0.1) is 0 Å². The van der Waals surface area contributed by atoms with Crippen molar-refractivity contribution >= 4 is 5.97 Å².